The lowest BCUT2D eigenvalue weighted by Crippen LogP contribution is -2.38. The topological polar surface area (TPSA) is 84.1 Å². The van der Waals surface area contributed by atoms with Crippen molar-refractivity contribution in [2.24, 2.45) is 0 Å². The molecule has 1 fully saturated rings. The molecule has 134 valence electrons. The highest BCUT2D eigenvalue weighted by atomic mass is 32.1. The third-order valence-electron chi connectivity index (χ3n) is 4.24. The molecule has 6 nitrogen and oxygen atoms in total. The highest BCUT2D eigenvalue weighted by molar-refractivity contribution is 7.07. The third kappa shape index (κ3) is 3.55. The summed E-state index contributed by atoms with van der Waals surface area (Å²) in [5.74, 6) is -0.688. The minimum absolute atomic E-state index is 0.0328. The summed E-state index contributed by atoms with van der Waals surface area (Å²) >= 11 is 1.14. The lowest BCUT2D eigenvalue weighted by Gasteiger charge is -2.26. The molecule has 1 saturated carbocycles. The van der Waals surface area contributed by atoms with E-state index in [1.165, 1.54) is 0 Å². The molecule has 3 rings (SSSR count). The second kappa shape index (κ2) is 8.02. The summed E-state index contributed by atoms with van der Waals surface area (Å²) in [7, 11) is 0. The van der Waals surface area contributed by atoms with Gasteiger partial charge in [0.1, 0.15) is 15.3 Å². The van der Waals surface area contributed by atoms with Crippen molar-refractivity contribution in [3.05, 3.63) is 49.9 Å². The average molecular weight is 369 g/mol. The Morgan fingerprint density at radius 3 is 2.73 bits per heavy atom. The molecule has 1 aromatic heterocycles. The number of nitrogens with zero attached hydrogens (tertiary/aromatic N) is 2. The number of carbonyl (C=O) groups is 1. The molecule has 0 unspecified atom stereocenters. The first-order chi connectivity index (χ1) is 12.7. The quantitative estimate of drug-likeness (QED) is 0.812. The van der Waals surface area contributed by atoms with E-state index in [0.717, 1.165) is 36.3 Å². The van der Waals surface area contributed by atoms with Crippen molar-refractivity contribution in [3.63, 3.8) is 0 Å². The van der Waals surface area contributed by atoms with E-state index >= 15 is 0 Å². The van der Waals surface area contributed by atoms with Gasteiger partial charge in [-0.2, -0.15) is 5.26 Å². The molecule has 0 amide bonds. The van der Waals surface area contributed by atoms with Gasteiger partial charge in [-0.05, 0) is 38.3 Å². The molecular weight excluding hydrogens is 350 g/mol. The average Bonchev–Trinajstić information content (AvgIpc) is 2.90. The third-order valence-corrected chi connectivity index (χ3v) is 5.35. The summed E-state index contributed by atoms with van der Waals surface area (Å²) in [5, 5.41) is 12.6. The number of hydrogen-bond acceptors (Lipinski definition) is 6. The lowest BCUT2D eigenvalue weighted by molar-refractivity contribution is -0.136. The molecule has 1 aliphatic carbocycles. The minimum atomic E-state index is -0.688. The molecule has 2 aromatic rings. The number of para-hydroxylation sites is 1. The summed E-state index contributed by atoms with van der Waals surface area (Å²) in [6.07, 6.45) is 4.41. The smallest absolute Gasteiger partial charge is 0.351 e. The number of benzene rings is 1. The maximum absolute atomic E-state index is 12.9. The molecule has 0 aliphatic heterocycles. The number of thiazole rings is 1. The van der Waals surface area contributed by atoms with Gasteiger partial charge in [-0.25, -0.2) is 4.79 Å². The molecule has 0 atom stereocenters. The van der Waals surface area contributed by atoms with Gasteiger partial charge in [0.15, 0.2) is 5.57 Å². The molecular formula is C19H19N3O3S. The maximum atomic E-state index is 12.9. The molecule has 26 heavy (non-hydrogen) atoms. The number of anilines is 1. The Balaban J connectivity index is 2.14. The first-order valence-electron chi connectivity index (χ1n) is 8.50. The lowest BCUT2D eigenvalue weighted by atomic mass is 9.93. The number of rotatable bonds is 5. The molecule has 7 heteroatoms. The van der Waals surface area contributed by atoms with Gasteiger partial charge in [0.2, 0.25) is 0 Å². The van der Waals surface area contributed by atoms with Gasteiger partial charge < -0.3 is 10.1 Å². The van der Waals surface area contributed by atoms with E-state index in [-0.39, 0.29) is 23.8 Å². The van der Waals surface area contributed by atoms with Crippen LogP contribution in [0.25, 0.3) is 11.8 Å². The van der Waals surface area contributed by atoms with Gasteiger partial charge in [0.25, 0.3) is 5.56 Å². The fourth-order valence-corrected chi connectivity index (χ4v) is 3.79. The van der Waals surface area contributed by atoms with Crippen LogP contribution in [0.5, 0.6) is 0 Å². The summed E-state index contributed by atoms with van der Waals surface area (Å²) in [4.78, 5) is 25.0. The van der Waals surface area contributed by atoms with Crippen LogP contribution in [-0.2, 0) is 9.53 Å². The van der Waals surface area contributed by atoms with Crippen molar-refractivity contribution in [1.29, 1.82) is 5.26 Å². The second-order valence-electron chi connectivity index (χ2n) is 5.89. The van der Waals surface area contributed by atoms with Crippen LogP contribution in [0.2, 0.25) is 0 Å². The fraction of sp³-hybridized carbons (Fsp3) is 0.316. The number of nitriles is 1. The van der Waals surface area contributed by atoms with Crippen molar-refractivity contribution < 1.29 is 9.53 Å². The van der Waals surface area contributed by atoms with Crippen molar-refractivity contribution in [2.75, 3.05) is 11.9 Å². The van der Waals surface area contributed by atoms with Crippen molar-refractivity contribution in [3.8, 4) is 6.07 Å². The number of ether oxygens (including phenoxy) is 1. The largest absolute Gasteiger partial charge is 0.462 e. The summed E-state index contributed by atoms with van der Waals surface area (Å²) in [6, 6.07) is 11.4. The number of esters is 1. The Morgan fingerprint density at radius 1 is 1.42 bits per heavy atom. The fourth-order valence-electron chi connectivity index (χ4n) is 2.71. The van der Waals surface area contributed by atoms with Gasteiger partial charge in [0.05, 0.1) is 6.61 Å². The van der Waals surface area contributed by atoms with Gasteiger partial charge in [0, 0.05) is 17.9 Å². The van der Waals surface area contributed by atoms with Gasteiger partial charge in [-0.1, -0.05) is 18.2 Å². The van der Waals surface area contributed by atoms with Crippen LogP contribution in [0, 0.1) is 11.3 Å². The van der Waals surface area contributed by atoms with Crippen molar-refractivity contribution in [1.82, 2.24) is 4.57 Å². The van der Waals surface area contributed by atoms with E-state index in [2.05, 4.69) is 5.32 Å². The molecule has 1 heterocycles. The van der Waals surface area contributed by atoms with Gasteiger partial charge in [-0.15, -0.1) is 11.3 Å². The number of hydrogen-bond donors (Lipinski definition) is 1. The first kappa shape index (κ1) is 18.0. The predicted octanol–water partition coefficient (Wildman–Crippen LogP) is 1.72. The molecule has 0 radical (unpaired) electrons. The first-order valence-corrected chi connectivity index (χ1v) is 9.32. The van der Waals surface area contributed by atoms with Crippen molar-refractivity contribution >= 4 is 34.8 Å². The molecule has 1 N–H and O–H groups in total. The predicted molar refractivity (Wildman–Crippen MR) is 101 cm³/mol. The molecule has 1 aromatic carbocycles. The zero-order valence-corrected chi connectivity index (χ0v) is 15.2. The monoisotopic (exact) mass is 369 g/mol. The van der Waals surface area contributed by atoms with E-state index in [1.54, 1.807) is 17.7 Å². The SMILES string of the molecule is CCOC(=O)C(C#N)=c1sc(=CNc2ccccc2)c(=O)n1C1CCC1. The number of nitrogens with one attached hydrogen (secondary N) is 1. The van der Waals surface area contributed by atoms with Crippen LogP contribution in [0.4, 0.5) is 5.69 Å². The summed E-state index contributed by atoms with van der Waals surface area (Å²) < 4.78 is 7.39. The summed E-state index contributed by atoms with van der Waals surface area (Å²) in [6.45, 7) is 1.86. The van der Waals surface area contributed by atoms with E-state index in [0.29, 0.717) is 9.20 Å². The second-order valence-corrected chi connectivity index (χ2v) is 6.92. The van der Waals surface area contributed by atoms with Crippen LogP contribution >= 0.6 is 11.3 Å². The van der Waals surface area contributed by atoms with E-state index in [1.807, 2.05) is 36.4 Å². The molecule has 1 aliphatic rings. The van der Waals surface area contributed by atoms with Crippen LogP contribution in [-0.4, -0.2) is 17.1 Å². The van der Waals surface area contributed by atoms with E-state index in [9.17, 15) is 14.9 Å². The zero-order valence-electron chi connectivity index (χ0n) is 14.4. The van der Waals surface area contributed by atoms with Crippen LogP contribution in [0.15, 0.2) is 35.1 Å². The molecule has 0 bridgehead atoms. The Labute approximate surface area is 154 Å². The number of carbonyl (C=O) groups excluding carboxylic acids is 1. The number of aromatic nitrogens is 1. The minimum Gasteiger partial charge on any atom is -0.462 e. The van der Waals surface area contributed by atoms with Gasteiger partial charge >= 0.3 is 5.97 Å². The normalized spacial score (nSPS) is 15.8. The summed E-state index contributed by atoms with van der Waals surface area (Å²) in [5.41, 5.74) is 0.558. The van der Waals surface area contributed by atoms with Crippen LogP contribution in [0.3, 0.4) is 0 Å². The Morgan fingerprint density at radius 2 is 2.15 bits per heavy atom. The van der Waals surface area contributed by atoms with Crippen molar-refractivity contribution in [2.45, 2.75) is 32.2 Å². The maximum Gasteiger partial charge on any atom is 0.351 e. The Bertz CT molecular complexity index is 1010. The Kier molecular flexibility index (Phi) is 5.54. The standard InChI is InChI=1S/C19H19N3O3S/c1-2-25-19(24)15(11-20)18-22(14-9-6-10-14)17(23)16(26-18)12-21-13-7-4-3-5-8-13/h3-5,7-8,12,14,21H,2,6,9-10H2,1H3. The van der Waals surface area contributed by atoms with Crippen LogP contribution in [0.1, 0.15) is 32.2 Å². The van der Waals surface area contributed by atoms with E-state index in [4.69, 9.17) is 4.74 Å². The van der Waals surface area contributed by atoms with Gasteiger partial charge in [-0.3, -0.25) is 9.36 Å². The molecule has 0 spiro atoms. The highest BCUT2D eigenvalue weighted by Crippen LogP contribution is 2.29. The van der Waals surface area contributed by atoms with Crippen LogP contribution < -0.4 is 20.1 Å². The highest BCUT2D eigenvalue weighted by Gasteiger charge is 2.25. The zero-order chi connectivity index (χ0) is 18.5. The van der Waals surface area contributed by atoms with E-state index < -0.39 is 5.97 Å². The Hall–Kier alpha value is -2.85. The molecule has 0 saturated heterocycles.